The Labute approximate surface area is 350 Å². The Kier molecular flexibility index (Phi) is 21.0. The highest BCUT2D eigenvalue weighted by atomic mass is 19.1. The molecule has 336 valence electrons. The second kappa shape index (κ2) is 25.0. The van der Waals surface area contributed by atoms with Crippen molar-refractivity contribution >= 4 is 47.4 Å². The van der Waals surface area contributed by atoms with Gasteiger partial charge in [-0.2, -0.15) is 0 Å². The molecule has 1 fully saturated rings. The number of phenols is 1. The van der Waals surface area contributed by atoms with Crippen molar-refractivity contribution < 1.29 is 43.4 Å². The minimum Gasteiger partial charge on any atom is -0.508 e. The summed E-state index contributed by atoms with van der Waals surface area (Å²) in [6.07, 6.45) is -0.492. The molecule has 21 heteroatoms. The zero-order valence-corrected chi connectivity index (χ0v) is 35.0. The number of rotatable bonds is 25. The maximum Gasteiger partial charge on any atom is 0.326 e. The van der Waals surface area contributed by atoms with E-state index in [9.17, 15) is 39.0 Å². The van der Waals surface area contributed by atoms with Crippen LogP contribution in [0.15, 0.2) is 34.3 Å². The van der Waals surface area contributed by atoms with Gasteiger partial charge in [-0.05, 0) is 68.1 Å². The van der Waals surface area contributed by atoms with E-state index in [4.69, 9.17) is 28.7 Å². The minimum atomic E-state index is -1.63. The molecule has 0 aromatic heterocycles. The fourth-order valence-electron chi connectivity index (χ4n) is 6.61. The summed E-state index contributed by atoms with van der Waals surface area (Å²) in [6.45, 7) is 6.29. The van der Waals surface area contributed by atoms with E-state index in [-0.39, 0.29) is 75.3 Å². The number of nitrogens with two attached hydrogens (primary N) is 5. The molecular weight excluding hydrogens is 784 g/mol. The number of benzene rings is 1. The highest BCUT2D eigenvalue weighted by molar-refractivity contribution is 5.96. The van der Waals surface area contributed by atoms with Crippen LogP contribution in [0.2, 0.25) is 0 Å². The van der Waals surface area contributed by atoms with Crippen LogP contribution < -0.4 is 44.6 Å². The van der Waals surface area contributed by atoms with Gasteiger partial charge < -0.3 is 64.6 Å². The fourth-order valence-corrected chi connectivity index (χ4v) is 6.61. The molecule has 2 rings (SSSR count). The molecule has 0 aliphatic carbocycles. The molecular formula is C39H65FN12O8. The van der Waals surface area contributed by atoms with E-state index in [1.807, 2.05) is 13.8 Å². The highest BCUT2D eigenvalue weighted by Gasteiger charge is 2.44. The summed E-state index contributed by atoms with van der Waals surface area (Å²) < 4.78 is 15.3. The van der Waals surface area contributed by atoms with Gasteiger partial charge in [-0.15, -0.1) is 0 Å². The maximum absolute atomic E-state index is 15.3. The lowest BCUT2D eigenvalue weighted by molar-refractivity contribution is -0.147. The van der Waals surface area contributed by atoms with E-state index in [2.05, 4.69) is 25.9 Å². The molecule has 0 unspecified atom stereocenters. The monoisotopic (exact) mass is 849 g/mol. The predicted octanol–water partition coefficient (Wildman–Crippen LogP) is -1.23. The number of carboxylic acids is 1. The molecule has 1 heterocycles. The average molecular weight is 849 g/mol. The maximum atomic E-state index is 15.3. The molecule has 1 aliphatic rings. The lowest BCUT2D eigenvalue weighted by Gasteiger charge is -2.33. The molecule has 0 saturated carbocycles. The van der Waals surface area contributed by atoms with Crippen molar-refractivity contribution in [3.63, 3.8) is 0 Å². The van der Waals surface area contributed by atoms with Crippen LogP contribution in [-0.4, -0.2) is 137 Å². The van der Waals surface area contributed by atoms with Gasteiger partial charge >= 0.3 is 5.97 Å². The Morgan fingerprint density at radius 1 is 0.900 bits per heavy atom. The van der Waals surface area contributed by atoms with E-state index >= 15 is 4.39 Å². The quantitative estimate of drug-likeness (QED) is 0.0313. The van der Waals surface area contributed by atoms with Crippen LogP contribution in [-0.2, 0) is 35.2 Å². The molecule has 1 aromatic rings. The van der Waals surface area contributed by atoms with Gasteiger partial charge in [-0.1, -0.05) is 46.2 Å². The molecule has 1 aromatic carbocycles. The van der Waals surface area contributed by atoms with Gasteiger partial charge in [0.15, 0.2) is 11.9 Å². The Balaban J connectivity index is 2.42. The third-order valence-corrected chi connectivity index (χ3v) is 10.1. The number of phenolic OH excluding ortho intramolecular Hbond substituents is 1. The number of carbonyl (C=O) groups excluding carboxylic acids is 5. The van der Waals surface area contributed by atoms with Gasteiger partial charge in [0.2, 0.25) is 29.5 Å². The number of nitrogens with one attached hydrogen (secondary N) is 3. The number of carbonyl (C=O) groups is 6. The SMILES string of the molecule is CC[C@H](C)[C@H](NC(=O)CN(CCc1ccc(O)cc1)C(=O)[C@@H]1C[C@H](F)CN1C(=O)[C@H](CCCN=C(N)N)NC(=O)[C@@H](N)CCCN=C(N)N)C(=O)N[C@@H](CC(C)C)C(=O)O. The number of alkyl halides is 1. The summed E-state index contributed by atoms with van der Waals surface area (Å²) in [5.74, 6) is -5.66. The number of carboxylic acid groups (broad SMARTS) is 1. The summed E-state index contributed by atoms with van der Waals surface area (Å²) >= 11 is 0. The molecule has 0 radical (unpaired) electrons. The van der Waals surface area contributed by atoms with E-state index in [1.54, 1.807) is 26.0 Å². The van der Waals surface area contributed by atoms with E-state index in [1.165, 1.54) is 12.1 Å². The topological polar surface area (TPSA) is 340 Å². The first-order valence-corrected chi connectivity index (χ1v) is 20.2. The number of aliphatic carboxylic acids is 1. The Morgan fingerprint density at radius 3 is 2.03 bits per heavy atom. The first kappa shape index (κ1) is 50.4. The van der Waals surface area contributed by atoms with Crippen molar-refractivity contribution in [1.82, 2.24) is 25.8 Å². The van der Waals surface area contributed by atoms with Gasteiger partial charge in [0.05, 0.1) is 19.1 Å². The van der Waals surface area contributed by atoms with Crippen molar-refractivity contribution in [2.45, 2.75) is 115 Å². The summed E-state index contributed by atoms with van der Waals surface area (Å²) in [6, 6.07) is 0.102. The molecule has 0 bridgehead atoms. The summed E-state index contributed by atoms with van der Waals surface area (Å²) in [4.78, 5) is 91.0. The van der Waals surface area contributed by atoms with Crippen LogP contribution in [0.3, 0.4) is 0 Å². The van der Waals surface area contributed by atoms with Gasteiger partial charge in [-0.25, -0.2) is 9.18 Å². The van der Waals surface area contributed by atoms with Crippen LogP contribution in [0.4, 0.5) is 4.39 Å². The van der Waals surface area contributed by atoms with Gasteiger partial charge in [0.1, 0.15) is 36.1 Å². The summed E-state index contributed by atoms with van der Waals surface area (Å²) in [5, 5.41) is 27.3. The third-order valence-electron chi connectivity index (χ3n) is 10.1. The Hall–Kier alpha value is -5.73. The van der Waals surface area contributed by atoms with Crippen molar-refractivity contribution in [2.75, 3.05) is 32.7 Å². The highest BCUT2D eigenvalue weighted by Crippen LogP contribution is 2.25. The molecule has 7 atom stereocenters. The lowest BCUT2D eigenvalue weighted by Crippen LogP contribution is -2.58. The number of hydrogen-bond donors (Lipinski definition) is 10. The number of aliphatic imine (C=N–C) groups is 2. The number of likely N-dealkylation sites (tertiary alicyclic amines) is 1. The average Bonchev–Trinajstić information content (AvgIpc) is 3.58. The molecule has 0 spiro atoms. The van der Waals surface area contributed by atoms with Crippen LogP contribution >= 0.6 is 0 Å². The van der Waals surface area contributed by atoms with E-state index < -0.39 is 97.3 Å². The molecule has 20 nitrogen and oxygen atoms in total. The molecule has 60 heavy (non-hydrogen) atoms. The van der Waals surface area contributed by atoms with Gasteiger partial charge in [0.25, 0.3) is 0 Å². The van der Waals surface area contributed by atoms with Crippen molar-refractivity contribution in [3.8, 4) is 5.75 Å². The second-order valence-corrected chi connectivity index (χ2v) is 15.5. The van der Waals surface area contributed by atoms with Crippen molar-refractivity contribution in [2.24, 2.45) is 50.5 Å². The molecule has 15 N–H and O–H groups in total. The van der Waals surface area contributed by atoms with Crippen molar-refractivity contribution in [1.29, 1.82) is 0 Å². The molecule has 1 aliphatic heterocycles. The number of guanidine groups is 2. The van der Waals surface area contributed by atoms with Crippen LogP contribution in [0.25, 0.3) is 0 Å². The fraction of sp³-hybridized carbons (Fsp3) is 0.641. The normalized spacial score (nSPS) is 17.4. The lowest BCUT2D eigenvalue weighted by atomic mass is 9.97. The zero-order valence-electron chi connectivity index (χ0n) is 35.0. The predicted molar refractivity (Wildman–Crippen MR) is 224 cm³/mol. The van der Waals surface area contributed by atoms with Crippen LogP contribution in [0.1, 0.15) is 78.2 Å². The van der Waals surface area contributed by atoms with Gasteiger partial charge in [0, 0.05) is 26.1 Å². The molecule has 5 amide bonds. The number of halogens is 1. The summed E-state index contributed by atoms with van der Waals surface area (Å²) in [7, 11) is 0. The smallest absolute Gasteiger partial charge is 0.326 e. The second-order valence-electron chi connectivity index (χ2n) is 15.5. The van der Waals surface area contributed by atoms with Crippen LogP contribution in [0.5, 0.6) is 5.75 Å². The number of nitrogens with zero attached hydrogens (tertiary/aromatic N) is 4. The minimum absolute atomic E-state index is 0.00236. The Bertz CT molecular complexity index is 1660. The van der Waals surface area contributed by atoms with E-state index in [0.717, 1.165) is 9.80 Å². The number of aromatic hydroxyl groups is 1. The van der Waals surface area contributed by atoms with Gasteiger partial charge in [-0.3, -0.25) is 34.0 Å². The largest absolute Gasteiger partial charge is 0.508 e. The standard InChI is InChI=1S/C39H65FN12O8/c1-5-23(4)32(34(56)49-29(37(59)60)18-22(2)3)50-31(54)21-51(17-14-24-10-12-26(53)13-11-24)36(58)30-19-25(40)20-52(30)35(57)28(9-7-16-47-39(44)45)48-33(55)27(41)8-6-15-46-38(42)43/h10-13,22-23,25,27-30,32,53H,5-9,14-21,41H2,1-4H3,(H,48,55)(H,49,56)(H,50,54)(H,59,60)(H4,42,43,46)(H4,44,45,47)/t23-,25-,27-,28-,29-,30-,32-/m0/s1. The third kappa shape index (κ3) is 17.2. The first-order valence-electron chi connectivity index (χ1n) is 20.2. The van der Waals surface area contributed by atoms with Crippen LogP contribution in [0, 0.1) is 11.8 Å². The number of amides is 5. The zero-order chi connectivity index (χ0) is 45.1. The molecule has 1 saturated heterocycles. The number of hydrogen-bond acceptors (Lipinski definition) is 10. The van der Waals surface area contributed by atoms with Crippen molar-refractivity contribution in [3.05, 3.63) is 29.8 Å². The van der Waals surface area contributed by atoms with E-state index in [0.29, 0.717) is 18.4 Å². The summed E-state index contributed by atoms with van der Waals surface area (Å²) in [5.41, 5.74) is 28.4. The first-order chi connectivity index (χ1) is 28.2. The Morgan fingerprint density at radius 2 is 1.48 bits per heavy atom.